The first-order valence-corrected chi connectivity index (χ1v) is 6.18. The zero-order valence-corrected chi connectivity index (χ0v) is 10.8. The lowest BCUT2D eigenvalue weighted by Crippen LogP contribution is -2.45. The Morgan fingerprint density at radius 1 is 1.41 bits per heavy atom. The van der Waals surface area contributed by atoms with Crippen molar-refractivity contribution in [1.29, 1.82) is 0 Å². The number of nitrogens with one attached hydrogen (secondary N) is 2. The van der Waals surface area contributed by atoms with E-state index >= 15 is 0 Å². The molecule has 5 heteroatoms. The molecule has 17 heavy (non-hydrogen) atoms. The zero-order valence-electron chi connectivity index (χ0n) is 10.0. The first-order chi connectivity index (χ1) is 8.29. The highest BCUT2D eigenvalue weighted by Gasteiger charge is 2.10. The molecular formula is C12H18ClN3O. The maximum absolute atomic E-state index is 5.98. The molecular weight excluding hydrogens is 238 g/mol. The van der Waals surface area contributed by atoms with E-state index in [1.165, 1.54) is 0 Å². The Morgan fingerprint density at radius 3 is 2.88 bits per heavy atom. The van der Waals surface area contributed by atoms with Gasteiger partial charge in [0, 0.05) is 31.2 Å². The molecule has 0 aromatic heterocycles. The van der Waals surface area contributed by atoms with Crippen molar-refractivity contribution in [2.75, 3.05) is 45.3 Å². The smallest absolute Gasteiger partial charge is 0.142 e. The summed E-state index contributed by atoms with van der Waals surface area (Å²) in [5.74, 6) is 0.824. The maximum atomic E-state index is 5.98. The number of ether oxygens (including phenoxy) is 1. The van der Waals surface area contributed by atoms with E-state index in [9.17, 15) is 0 Å². The molecule has 1 aliphatic rings. The minimum absolute atomic E-state index is 0.716. The van der Waals surface area contributed by atoms with Crippen LogP contribution in [-0.2, 0) is 0 Å². The third-order valence-electron chi connectivity index (χ3n) is 2.86. The third kappa shape index (κ3) is 3.49. The van der Waals surface area contributed by atoms with Crippen LogP contribution in [0.1, 0.15) is 0 Å². The Kier molecular flexibility index (Phi) is 4.48. The number of piperazine rings is 1. The molecule has 4 nitrogen and oxygen atoms in total. The van der Waals surface area contributed by atoms with Crippen molar-refractivity contribution in [2.45, 2.75) is 0 Å². The quantitative estimate of drug-likeness (QED) is 0.858. The van der Waals surface area contributed by atoms with E-state index in [4.69, 9.17) is 16.3 Å². The van der Waals surface area contributed by atoms with Crippen molar-refractivity contribution >= 4 is 17.3 Å². The zero-order chi connectivity index (χ0) is 12.1. The molecule has 0 spiro atoms. The van der Waals surface area contributed by atoms with E-state index < -0.39 is 0 Å². The fourth-order valence-corrected chi connectivity index (χ4v) is 2.06. The molecule has 1 aliphatic heterocycles. The number of rotatable bonds is 4. The second-order valence-electron chi connectivity index (χ2n) is 4.05. The highest BCUT2D eigenvalue weighted by molar-refractivity contribution is 6.30. The van der Waals surface area contributed by atoms with Gasteiger partial charge in [0.05, 0.1) is 19.5 Å². The van der Waals surface area contributed by atoms with Crippen LogP contribution >= 0.6 is 11.6 Å². The standard InChI is InChI=1S/C12H18ClN3O/c1-17-12-3-2-10(13)8-11(12)15-9-16-6-4-14-5-7-16/h2-3,8,14-15H,4-7,9H2,1H3. The predicted molar refractivity (Wildman–Crippen MR) is 70.9 cm³/mol. The van der Waals surface area contributed by atoms with Gasteiger partial charge in [-0.15, -0.1) is 0 Å². The van der Waals surface area contributed by atoms with E-state index in [0.717, 1.165) is 44.3 Å². The SMILES string of the molecule is COc1ccc(Cl)cc1NCN1CCNCC1. The van der Waals surface area contributed by atoms with Gasteiger partial charge in [0.15, 0.2) is 0 Å². The molecule has 0 atom stereocenters. The summed E-state index contributed by atoms with van der Waals surface area (Å²) >= 11 is 5.98. The normalized spacial score (nSPS) is 16.8. The molecule has 1 heterocycles. The highest BCUT2D eigenvalue weighted by atomic mass is 35.5. The van der Waals surface area contributed by atoms with Crippen molar-refractivity contribution in [3.05, 3.63) is 23.2 Å². The van der Waals surface area contributed by atoms with Gasteiger partial charge in [-0.25, -0.2) is 0 Å². The van der Waals surface area contributed by atoms with Crippen LogP contribution in [0.2, 0.25) is 5.02 Å². The van der Waals surface area contributed by atoms with Gasteiger partial charge >= 0.3 is 0 Å². The monoisotopic (exact) mass is 255 g/mol. The van der Waals surface area contributed by atoms with Crippen molar-refractivity contribution < 1.29 is 4.74 Å². The van der Waals surface area contributed by atoms with Gasteiger partial charge in [0.25, 0.3) is 0 Å². The summed E-state index contributed by atoms with van der Waals surface area (Å²) < 4.78 is 5.29. The van der Waals surface area contributed by atoms with Crippen LogP contribution in [0.3, 0.4) is 0 Å². The lowest BCUT2D eigenvalue weighted by atomic mass is 10.3. The molecule has 2 N–H and O–H groups in total. The van der Waals surface area contributed by atoms with E-state index in [0.29, 0.717) is 5.02 Å². The van der Waals surface area contributed by atoms with Crippen molar-refractivity contribution in [3.63, 3.8) is 0 Å². The van der Waals surface area contributed by atoms with Gasteiger partial charge in [0.1, 0.15) is 5.75 Å². The van der Waals surface area contributed by atoms with Gasteiger partial charge in [-0.2, -0.15) is 0 Å². The van der Waals surface area contributed by atoms with Gasteiger partial charge < -0.3 is 15.4 Å². The number of hydrogen-bond acceptors (Lipinski definition) is 4. The van der Waals surface area contributed by atoms with Crippen LogP contribution in [0.5, 0.6) is 5.75 Å². The highest BCUT2D eigenvalue weighted by Crippen LogP contribution is 2.27. The Bertz CT molecular complexity index is 367. The summed E-state index contributed by atoms with van der Waals surface area (Å²) in [5, 5.41) is 7.41. The Morgan fingerprint density at radius 2 is 2.18 bits per heavy atom. The van der Waals surface area contributed by atoms with Gasteiger partial charge in [0.2, 0.25) is 0 Å². The molecule has 94 valence electrons. The summed E-state index contributed by atoms with van der Waals surface area (Å²) in [7, 11) is 1.67. The molecule has 2 rings (SSSR count). The summed E-state index contributed by atoms with van der Waals surface area (Å²) in [6.45, 7) is 5.05. The van der Waals surface area contributed by atoms with Gasteiger partial charge in [-0.3, -0.25) is 4.90 Å². The van der Waals surface area contributed by atoms with E-state index in [2.05, 4.69) is 15.5 Å². The van der Waals surface area contributed by atoms with E-state index in [1.54, 1.807) is 7.11 Å². The van der Waals surface area contributed by atoms with E-state index in [1.807, 2.05) is 18.2 Å². The Balaban J connectivity index is 1.95. The summed E-state index contributed by atoms with van der Waals surface area (Å²) in [6, 6.07) is 5.60. The lowest BCUT2D eigenvalue weighted by Gasteiger charge is -2.27. The Hall–Kier alpha value is -0.970. The number of nitrogens with zero attached hydrogens (tertiary/aromatic N) is 1. The van der Waals surface area contributed by atoms with Crippen molar-refractivity contribution in [1.82, 2.24) is 10.2 Å². The first-order valence-electron chi connectivity index (χ1n) is 5.80. The molecule has 0 aliphatic carbocycles. The molecule has 1 aromatic carbocycles. The lowest BCUT2D eigenvalue weighted by molar-refractivity contribution is 0.256. The van der Waals surface area contributed by atoms with E-state index in [-0.39, 0.29) is 0 Å². The van der Waals surface area contributed by atoms with Gasteiger partial charge in [-0.1, -0.05) is 11.6 Å². The molecule has 0 bridgehead atoms. The van der Waals surface area contributed by atoms with Crippen LogP contribution in [0, 0.1) is 0 Å². The molecule has 0 saturated carbocycles. The second-order valence-corrected chi connectivity index (χ2v) is 4.48. The van der Waals surface area contributed by atoms with Crippen LogP contribution in [-0.4, -0.2) is 44.9 Å². The largest absolute Gasteiger partial charge is 0.495 e. The maximum Gasteiger partial charge on any atom is 0.142 e. The number of hydrogen-bond donors (Lipinski definition) is 2. The van der Waals surface area contributed by atoms with Crippen LogP contribution < -0.4 is 15.4 Å². The molecule has 0 radical (unpaired) electrons. The number of anilines is 1. The van der Waals surface area contributed by atoms with Gasteiger partial charge in [-0.05, 0) is 18.2 Å². The number of benzene rings is 1. The second kappa shape index (κ2) is 6.10. The van der Waals surface area contributed by atoms with Crippen LogP contribution in [0.4, 0.5) is 5.69 Å². The average molecular weight is 256 g/mol. The summed E-state index contributed by atoms with van der Waals surface area (Å²) in [4.78, 5) is 2.36. The topological polar surface area (TPSA) is 36.5 Å². The molecule has 1 aromatic rings. The summed E-state index contributed by atoms with van der Waals surface area (Å²) in [6.07, 6.45) is 0. The summed E-state index contributed by atoms with van der Waals surface area (Å²) in [5.41, 5.74) is 0.943. The van der Waals surface area contributed by atoms with Crippen molar-refractivity contribution in [3.8, 4) is 5.75 Å². The third-order valence-corrected chi connectivity index (χ3v) is 3.10. The fraction of sp³-hybridized carbons (Fsp3) is 0.500. The number of methoxy groups -OCH3 is 1. The predicted octanol–water partition coefficient (Wildman–Crippen LogP) is 1.62. The number of halogens is 1. The first kappa shape index (κ1) is 12.5. The Labute approximate surface area is 107 Å². The fourth-order valence-electron chi connectivity index (χ4n) is 1.88. The molecule has 1 fully saturated rings. The van der Waals surface area contributed by atoms with Crippen LogP contribution in [0.15, 0.2) is 18.2 Å². The molecule has 1 saturated heterocycles. The minimum Gasteiger partial charge on any atom is -0.495 e. The average Bonchev–Trinajstić information content (AvgIpc) is 2.38. The van der Waals surface area contributed by atoms with Crippen LogP contribution in [0.25, 0.3) is 0 Å². The minimum atomic E-state index is 0.716. The molecule has 0 amide bonds. The molecule has 0 unspecified atom stereocenters. The van der Waals surface area contributed by atoms with Crippen molar-refractivity contribution in [2.24, 2.45) is 0 Å².